The Morgan fingerprint density at radius 3 is 2.41 bits per heavy atom. The van der Waals surface area contributed by atoms with Gasteiger partial charge in [-0.15, -0.1) is 12.6 Å². The Morgan fingerprint density at radius 1 is 1.00 bits per heavy atom. The van der Waals surface area contributed by atoms with Crippen LogP contribution in [0.25, 0.3) is 10.8 Å². The van der Waals surface area contributed by atoms with Gasteiger partial charge in [0.1, 0.15) is 0 Å². The third-order valence-corrected chi connectivity index (χ3v) is 3.75. The quantitative estimate of drug-likeness (QED) is 0.716. The topological polar surface area (TPSA) is 0 Å². The lowest BCUT2D eigenvalue weighted by atomic mass is 9.95. The van der Waals surface area contributed by atoms with Crippen LogP contribution in [0.3, 0.4) is 0 Å². The molecule has 0 saturated heterocycles. The van der Waals surface area contributed by atoms with Gasteiger partial charge in [0.15, 0.2) is 0 Å². The van der Waals surface area contributed by atoms with Gasteiger partial charge < -0.3 is 0 Å². The molecule has 0 aliphatic heterocycles. The van der Waals surface area contributed by atoms with E-state index in [1.165, 1.54) is 39.6 Å². The van der Waals surface area contributed by atoms with Crippen molar-refractivity contribution in [1.82, 2.24) is 0 Å². The summed E-state index contributed by atoms with van der Waals surface area (Å²) in [4.78, 5) is 1.19. The van der Waals surface area contributed by atoms with Gasteiger partial charge in [-0.1, -0.05) is 57.0 Å². The van der Waals surface area contributed by atoms with Crippen LogP contribution in [0.4, 0.5) is 0 Å². The highest BCUT2D eigenvalue weighted by Gasteiger charge is 2.09. The third-order valence-electron chi connectivity index (χ3n) is 3.24. The fourth-order valence-corrected chi connectivity index (χ4v) is 2.91. The average Bonchev–Trinajstić information content (AvgIpc) is 2.34. The van der Waals surface area contributed by atoms with Gasteiger partial charge in [-0.25, -0.2) is 0 Å². The van der Waals surface area contributed by atoms with Gasteiger partial charge >= 0.3 is 0 Å². The second-order valence-electron chi connectivity index (χ2n) is 4.58. The molecular formula is C16H20S. The fraction of sp³-hybridized carbons (Fsp3) is 0.375. The van der Waals surface area contributed by atoms with E-state index >= 15 is 0 Å². The zero-order valence-corrected chi connectivity index (χ0v) is 11.6. The molecule has 0 bridgehead atoms. The summed E-state index contributed by atoms with van der Waals surface area (Å²) in [6.07, 6.45) is 4.68. The Bertz CT molecular complexity index is 514. The van der Waals surface area contributed by atoms with E-state index < -0.39 is 0 Å². The summed E-state index contributed by atoms with van der Waals surface area (Å²) >= 11 is 4.76. The molecule has 0 radical (unpaired) electrons. The highest BCUT2D eigenvalue weighted by atomic mass is 32.1. The number of fused-ring (bicyclic) bond motifs is 1. The van der Waals surface area contributed by atoms with Crippen LogP contribution >= 0.6 is 12.6 Å². The number of aryl methyl sites for hydroxylation is 1. The number of benzene rings is 2. The van der Waals surface area contributed by atoms with E-state index in [4.69, 9.17) is 12.6 Å². The van der Waals surface area contributed by atoms with E-state index in [1.807, 2.05) is 0 Å². The lowest BCUT2D eigenvalue weighted by molar-refractivity contribution is 0.849. The SMILES string of the molecule is CCCc1cc2ccccc2c(S)c1CCC. The van der Waals surface area contributed by atoms with Crippen LogP contribution in [0.1, 0.15) is 37.8 Å². The van der Waals surface area contributed by atoms with Crippen molar-refractivity contribution < 1.29 is 0 Å². The Kier molecular flexibility index (Phi) is 4.11. The Hall–Kier alpha value is -0.950. The number of hydrogen-bond acceptors (Lipinski definition) is 1. The maximum absolute atomic E-state index is 4.76. The van der Waals surface area contributed by atoms with Crippen molar-refractivity contribution in [3.8, 4) is 0 Å². The minimum Gasteiger partial charge on any atom is -0.142 e. The summed E-state index contributed by atoms with van der Waals surface area (Å²) < 4.78 is 0. The van der Waals surface area contributed by atoms with Crippen LogP contribution < -0.4 is 0 Å². The molecule has 0 amide bonds. The van der Waals surface area contributed by atoms with Gasteiger partial charge in [-0.2, -0.15) is 0 Å². The average molecular weight is 244 g/mol. The highest BCUT2D eigenvalue weighted by molar-refractivity contribution is 7.80. The maximum Gasteiger partial charge on any atom is 0.0153 e. The molecule has 0 aliphatic rings. The predicted octanol–water partition coefficient (Wildman–Crippen LogP) is 5.03. The van der Waals surface area contributed by atoms with Crippen molar-refractivity contribution in [1.29, 1.82) is 0 Å². The first kappa shape index (κ1) is 12.5. The number of hydrogen-bond donors (Lipinski definition) is 1. The van der Waals surface area contributed by atoms with Gasteiger partial charge in [0.05, 0.1) is 0 Å². The van der Waals surface area contributed by atoms with Gasteiger partial charge in [0, 0.05) is 4.90 Å². The first-order chi connectivity index (χ1) is 8.27. The van der Waals surface area contributed by atoms with Crippen molar-refractivity contribution in [3.63, 3.8) is 0 Å². The molecule has 0 spiro atoms. The van der Waals surface area contributed by atoms with Crippen molar-refractivity contribution in [2.45, 2.75) is 44.4 Å². The molecule has 1 heteroatoms. The van der Waals surface area contributed by atoms with Crippen LogP contribution in [0.5, 0.6) is 0 Å². The van der Waals surface area contributed by atoms with E-state index in [0.29, 0.717) is 0 Å². The molecule has 0 saturated carbocycles. The zero-order chi connectivity index (χ0) is 12.3. The fourth-order valence-electron chi connectivity index (χ4n) is 2.45. The molecule has 0 N–H and O–H groups in total. The smallest absolute Gasteiger partial charge is 0.0153 e. The molecule has 0 nitrogen and oxygen atoms in total. The van der Waals surface area contributed by atoms with Gasteiger partial charge in [-0.3, -0.25) is 0 Å². The molecule has 0 fully saturated rings. The van der Waals surface area contributed by atoms with Crippen LogP contribution in [0, 0.1) is 0 Å². The number of rotatable bonds is 4. The molecule has 0 heterocycles. The largest absolute Gasteiger partial charge is 0.142 e. The van der Waals surface area contributed by atoms with Gasteiger partial charge in [0.2, 0.25) is 0 Å². The summed E-state index contributed by atoms with van der Waals surface area (Å²) in [5.74, 6) is 0. The molecule has 0 unspecified atom stereocenters. The van der Waals surface area contributed by atoms with Crippen LogP contribution in [0.15, 0.2) is 35.2 Å². The number of thiol groups is 1. The molecule has 0 aliphatic carbocycles. The molecule has 90 valence electrons. The second-order valence-corrected chi connectivity index (χ2v) is 5.03. The van der Waals surface area contributed by atoms with E-state index in [0.717, 1.165) is 12.8 Å². The van der Waals surface area contributed by atoms with Crippen molar-refractivity contribution >= 4 is 23.4 Å². The van der Waals surface area contributed by atoms with E-state index in [9.17, 15) is 0 Å². The standard InChI is InChI=1S/C16H20S/c1-3-7-12-11-13-9-5-6-10-15(13)16(17)14(12)8-4-2/h5-6,9-11,17H,3-4,7-8H2,1-2H3. The van der Waals surface area contributed by atoms with Crippen LogP contribution in [-0.4, -0.2) is 0 Å². The summed E-state index contributed by atoms with van der Waals surface area (Å²) in [6, 6.07) is 10.9. The molecule has 2 aromatic carbocycles. The lowest BCUT2D eigenvalue weighted by Gasteiger charge is -2.14. The summed E-state index contributed by atoms with van der Waals surface area (Å²) in [5, 5.41) is 2.61. The van der Waals surface area contributed by atoms with E-state index in [1.54, 1.807) is 0 Å². The van der Waals surface area contributed by atoms with Crippen molar-refractivity contribution in [2.75, 3.05) is 0 Å². The Labute approximate surface area is 109 Å². The first-order valence-corrected chi connectivity index (χ1v) is 6.95. The molecule has 2 aromatic rings. The monoisotopic (exact) mass is 244 g/mol. The van der Waals surface area contributed by atoms with E-state index in [-0.39, 0.29) is 0 Å². The minimum absolute atomic E-state index is 1.14. The van der Waals surface area contributed by atoms with Crippen LogP contribution in [-0.2, 0) is 12.8 Å². The van der Waals surface area contributed by atoms with Gasteiger partial charge in [0.25, 0.3) is 0 Å². The lowest BCUT2D eigenvalue weighted by Crippen LogP contribution is -1.97. The van der Waals surface area contributed by atoms with Gasteiger partial charge in [-0.05, 0) is 34.7 Å². The summed E-state index contributed by atoms with van der Waals surface area (Å²) in [7, 11) is 0. The molecule has 2 rings (SSSR count). The van der Waals surface area contributed by atoms with Crippen molar-refractivity contribution in [2.24, 2.45) is 0 Å². The predicted molar refractivity (Wildman–Crippen MR) is 79.2 cm³/mol. The van der Waals surface area contributed by atoms with Crippen molar-refractivity contribution in [3.05, 3.63) is 41.5 Å². The third kappa shape index (κ3) is 2.50. The molecule has 0 atom stereocenters. The maximum atomic E-state index is 4.76. The second kappa shape index (κ2) is 5.59. The van der Waals surface area contributed by atoms with Crippen LogP contribution in [0.2, 0.25) is 0 Å². The zero-order valence-electron chi connectivity index (χ0n) is 10.7. The molecule has 17 heavy (non-hydrogen) atoms. The Morgan fingerprint density at radius 2 is 1.71 bits per heavy atom. The minimum atomic E-state index is 1.14. The Balaban J connectivity index is 2.65. The summed E-state index contributed by atoms with van der Waals surface area (Å²) in [6.45, 7) is 4.47. The normalized spacial score (nSPS) is 11.0. The highest BCUT2D eigenvalue weighted by Crippen LogP contribution is 2.30. The van der Waals surface area contributed by atoms with E-state index in [2.05, 4.69) is 44.2 Å². The molecular weight excluding hydrogens is 224 g/mol. The summed E-state index contributed by atoms with van der Waals surface area (Å²) in [5.41, 5.74) is 2.94. The first-order valence-electron chi connectivity index (χ1n) is 6.50. The molecule has 0 aromatic heterocycles.